The van der Waals surface area contributed by atoms with Gasteiger partial charge >= 0.3 is 0 Å². The molecule has 3 aromatic carbocycles. The van der Waals surface area contributed by atoms with Crippen molar-refractivity contribution in [3.63, 3.8) is 0 Å². The van der Waals surface area contributed by atoms with Gasteiger partial charge in [-0.05, 0) is 48.5 Å². The summed E-state index contributed by atoms with van der Waals surface area (Å²) in [6, 6.07) is 19.9. The van der Waals surface area contributed by atoms with Crippen molar-refractivity contribution >= 4 is 45.7 Å². The molecule has 0 unspecified atom stereocenters. The number of rotatable bonds is 10. The van der Waals surface area contributed by atoms with Crippen LogP contribution in [0, 0.1) is 0 Å². The minimum Gasteiger partial charge on any atom is -0.496 e. The van der Waals surface area contributed by atoms with Gasteiger partial charge in [0.2, 0.25) is 5.91 Å². The van der Waals surface area contributed by atoms with Crippen molar-refractivity contribution in [3.8, 4) is 28.5 Å². The van der Waals surface area contributed by atoms with E-state index in [9.17, 15) is 9.59 Å². The van der Waals surface area contributed by atoms with E-state index in [-0.39, 0.29) is 17.6 Å². The topological polar surface area (TPSA) is 98.8 Å². The third kappa shape index (κ3) is 6.60. The normalized spacial score (nSPS) is 10.5. The van der Waals surface area contributed by atoms with Gasteiger partial charge in [-0.2, -0.15) is 0 Å². The van der Waals surface area contributed by atoms with E-state index in [0.717, 1.165) is 21.9 Å². The van der Waals surface area contributed by atoms with Gasteiger partial charge in [0.05, 0.1) is 32.8 Å². The molecule has 0 radical (unpaired) electrons. The summed E-state index contributed by atoms with van der Waals surface area (Å²) in [6.45, 7) is 0. The minimum atomic E-state index is -0.282. The summed E-state index contributed by atoms with van der Waals surface area (Å²) >= 11 is 2.72. The Balaban J connectivity index is 1.34. The number of carbonyl (C=O) groups is 2. The first-order valence-corrected chi connectivity index (χ1v) is 13.0. The van der Waals surface area contributed by atoms with Gasteiger partial charge in [0.1, 0.15) is 5.75 Å². The summed E-state index contributed by atoms with van der Waals surface area (Å²) in [5, 5.41) is 8.11. The average molecular weight is 536 g/mol. The van der Waals surface area contributed by atoms with Crippen molar-refractivity contribution in [1.29, 1.82) is 0 Å². The second kappa shape index (κ2) is 12.3. The van der Waals surface area contributed by atoms with E-state index in [1.165, 1.54) is 37.3 Å². The molecule has 4 aromatic rings. The number of hydrogen-bond acceptors (Lipinski definition) is 8. The number of hydrogen-bond donors (Lipinski definition) is 2. The Morgan fingerprint density at radius 1 is 0.865 bits per heavy atom. The summed E-state index contributed by atoms with van der Waals surface area (Å²) < 4.78 is 15.9. The number of anilines is 2. The van der Waals surface area contributed by atoms with E-state index in [0.29, 0.717) is 27.9 Å². The van der Waals surface area contributed by atoms with Crippen LogP contribution in [0.3, 0.4) is 0 Å². The lowest BCUT2D eigenvalue weighted by atomic mass is 10.1. The van der Waals surface area contributed by atoms with E-state index in [1.807, 2.05) is 47.8 Å². The van der Waals surface area contributed by atoms with Crippen LogP contribution in [0.15, 0.2) is 77.0 Å². The number of ether oxygens (including phenoxy) is 3. The van der Waals surface area contributed by atoms with Gasteiger partial charge in [-0.15, -0.1) is 23.1 Å². The summed E-state index contributed by atoms with van der Waals surface area (Å²) in [6.07, 6.45) is 0. The lowest BCUT2D eigenvalue weighted by Crippen LogP contribution is -2.14. The molecule has 37 heavy (non-hydrogen) atoms. The molecule has 0 fully saturated rings. The molecule has 2 amide bonds. The number of methoxy groups -OCH3 is 3. The maximum Gasteiger partial charge on any atom is 0.255 e. The second-order valence-corrected chi connectivity index (χ2v) is 9.53. The zero-order valence-corrected chi connectivity index (χ0v) is 22.1. The van der Waals surface area contributed by atoms with Crippen molar-refractivity contribution < 1.29 is 23.8 Å². The Labute approximate surface area is 223 Å². The van der Waals surface area contributed by atoms with Crippen LogP contribution >= 0.6 is 23.1 Å². The molecular formula is C27H25N3O5S2. The van der Waals surface area contributed by atoms with E-state index >= 15 is 0 Å². The molecule has 1 heterocycles. The zero-order chi connectivity index (χ0) is 26.2. The first-order chi connectivity index (χ1) is 18.0. The van der Waals surface area contributed by atoms with Gasteiger partial charge < -0.3 is 24.8 Å². The first-order valence-electron chi connectivity index (χ1n) is 11.2. The van der Waals surface area contributed by atoms with Gasteiger partial charge in [0, 0.05) is 27.1 Å². The van der Waals surface area contributed by atoms with Crippen molar-refractivity contribution in [2.75, 3.05) is 37.7 Å². The van der Waals surface area contributed by atoms with Crippen LogP contribution in [0.2, 0.25) is 0 Å². The number of aromatic nitrogens is 1. The fourth-order valence-corrected chi connectivity index (χ4v) is 4.94. The molecule has 0 saturated heterocycles. The van der Waals surface area contributed by atoms with Crippen molar-refractivity contribution in [1.82, 2.24) is 4.98 Å². The summed E-state index contributed by atoms with van der Waals surface area (Å²) in [5.41, 5.74) is 2.66. The van der Waals surface area contributed by atoms with Crippen LogP contribution in [0.25, 0.3) is 11.3 Å². The Hall–Kier alpha value is -4.02. The summed E-state index contributed by atoms with van der Waals surface area (Å²) in [7, 11) is 4.67. The smallest absolute Gasteiger partial charge is 0.255 e. The van der Waals surface area contributed by atoms with Crippen LogP contribution < -0.4 is 24.8 Å². The fourth-order valence-electron chi connectivity index (χ4n) is 3.46. The summed E-state index contributed by atoms with van der Waals surface area (Å²) in [4.78, 5) is 30.6. The molecule has 0 atom stereocenters. The standard InChI is InChI=1S/C27H25N3O5S2/c1-33-22-10-5-4-9-20(22)21-15-37-27(29-21)30-25(31)16-36-19-8-6-7-18(14-19)28-26(32)17-11-12-23(34-2)24(13-17)35-3/h4-15H,16H2,1-3H3,(H,28,32)(H,29,30,31). The molecule has 4 rings (SSSR count). The molecule has 0 aliphatic heterocycles. The van der Waals surface area contributed by atoms with Crippen LogP contribution in [0.4, 0.5) is 10.8 Å². The maximum absolute atomic E-state index is 12.7. The Bertz CT molecular complexity index is 1410. The lowest BCUT2D eigenvalue weighted by molar-refractivity contribution is -0.113. The largest absolute Gasteiger partial charge is 0.496 e. The van der Waals surface area contributed by atoms with Crippen molar-refractivity contribution in [2.45, 2.75) is 4.90 Å². The molecule has 0 aliphatic carbocycles. The highest BCUT2D eigenvalue weighted by molar-refractivity contribution is 8.00. The van der Waals surface area contributed by atoms with E-state index in [1.54, 1.807) is 31.4 Å². The van der Waals surface area contributed by atoms with Crippen molar-refractivity contribution in [2.24, 2.45) is 0 Å². The van der Waals surface area contributed by atoms with Crippen molar-refractivity contribution in [3.05, 3.63) is 77.7 Å². The van der Waals surface area contributed by atoms with Gasteiger partial charge in [-0.25, -0.2) is 4.98 Å². The fraction of sp³-hybridized carbons (Fsp3) is 0.148. The van der Waals surface area contributed by atoms with Gasteiger partial charge in [-0.3, -0.25) is 9.59 Å². The maximum atomic E-state index is 12.7. The molecule has 0 bridgehead atoms. The number of benzene rings is 3. The lowest BCUT2D eigenvalue weighted by Gasteiger charge is -2.10. The second-order valence-electron chi connectivity index (χ2n) is 7.63. The molecule has 0 aliphatic rings. The Morgan fingerprint density at radius 3 is 2.43 bits per heavy atom. The number of para-hydroxylation sites is 1. The van der Waals surface area contributed by atoms with Crippen LogP contribution in [0.1, 0.15) is 10.4 Å². The zero-order valence-electron chi connectivity index (χ0n) is 20.4. The number of nitrogens with zero attached hydrogens (tertiary/aromatic N) is 1. The quantitative estimate of drug-likeness (QED) is 0.247. The molecule has 10 heteroatoms. The molecule has 8 nitrogen and oxygen atoms in total. The SMILES string of the molecule is COc1ccc(C(=O)Nc2cccc(SCC(=O)Nc3nc(-c4ccccc4OC)cs3)c2)cc1OC. The number of carbonyl (C=O) groups excluding carboxylic acids is 2. The molecule has 0 saturated carbocycles. The third-order valence-electron chi connectivity index (χ3n) is 5.24. The molecule has 1 aromatic heterocycles. The minimum absolute atomic E-state index is 0.175. The highest BCUT2D eigenvalue weighted by atomic mass is 32.2. The predicted octanol–water partition coefficient (Wildman–Crippen LogP) is 5.82. The number of nitrogens with one attached hydrogen (secondary N) is 2. The molecule has 190 valence electrons. The van der Waals surface area contributed by atoms with Gasteiger partial charge in [0.25, 0.3) is 5.91 Å². The number of thiazole rings is 1. The number of thioether (sulfide) groups is 1. The van der Waals surface area contributed by atoms with E-state index < -0.39 is 0 Å². The number of amides is 2. The van der Waals surface area contributed by atoms with Crippen LogP contribution in [0.5, 0.6) is 17.2 Å². The Morgan fingerprint density at radius 2 is 1.65 bits per heavy atom. The molecule has 2 N–H and O–H groups in total. The summed E-state index contributed by atoms with van der Waals surface area (Å²) in [5.74, 6) is 1.47. The van der Waals surface area contributed by atoms with E-state index in [4.69, 9.17) is 14.2 Å². The monoisotopic (exact) mass is 535 g/mol. The highest BCUT2D eigenvalue weighted by Crippen LogP contribution is 2.32. The van der Waals surface area contributed by atoms with Gasteiger partial charge in [0.15, 0.2) is 16.6 Å². The van der Waals surface area contributed by atoms with E-state index in [2.05, 4.69) is 15.6 Å². The predicted molar refractivity (Wildman–Crippen MR) is 147 cm³/mol. The highest BCUT2D eigenvalue weighted by Gasteiger charge is 2.13. The molecule has 0 spiro atoms. The van der Waals surface area contributed by atoms with Crippen LogP contribution in [-0.4, -0.2) is 43.9 Å². The molecular weight excluding hydrogens is 510 g/mol. The first kappa shape index (κ1) is 26.1. The average Bonchev–Trinajstić information content (AvgIpc) is 3.39. The Kier molecular flexibility index (Phi) is 8.65. The van der Waals surface area contributed by atoms with Gasteiger partial charge in [-0.1, -0.05) is 18.2 Å². The third-order valence-corrected chi connectivity index (χ3v) is 6.99. The van der Waals surface area contributed by atoms with Crippen LogP contribution in [-0.2, 0) is 4.79 Å².